The van der Waals surface area contributed by atoms with E-state index < -0.39 is 0 Å². The first-order valence-electron chi connectivity index (χ1n) is 6.83. The van der Waals surface area contributed by atoms with Gasteiger partial charge in [0.2, 0.25) is 0 Å². The summed E-state index contributed by atoms with van der Waals surface area (Å²) in [5, 5.41) is 10.8. The number of halogens is 1. The molecular weight excluding hydrogens is 376 g/mol. The Balaban J connectivity index is 1.64. The van der Waals surface area contributed by atoms with Crippen molar-refractivity contribution < 1.29 is 4.79 Å². The second-order valence-corrected chi connectivity index (χ2v) is 7.34. The van der Waals surface area contributed by atoms with E-state index in [1.54, 1.807) is 23.6 Å². The molecule has 3 aromatic rings. The fraction of sp³-hybridized carbons (Fsp3) is 0.0625. The smallest absolute Gasteiger partial charge is 0.276 e. The molecule has 2 heterocycles. The fourth-order valence-electron chi connectivity index (χ4n) is 1.90. The van der Waals surface area contributed by atoms with Crippen molar-refractivity contribution in [3.05, 3.63) is 63.1 Å². The molecule has 1 amide bonds. The van der Waals surface area contributed by atoms with Gasteiger partial charge in [0.25, 0.3) is 5.91 Å². The molecule has 0 bridgehead atoms. The molecule has 116 valence electrons. The van der Waals surface area contributed by atoms with E-state index in [4.69, 9.17) is 0 Å². The highest BCUT2D eigenvalue weighted by Gasteiger charge is 2.11. The van der Waals surface area contributed by atoms with E-state index >= 15 is 0 Å². The average molecular weight is 389 g/mol. The lowest BCUT2D eigenvalue weighted by Gasteiger charge is -1.96. The van der Waals surface area contributed by atoms with Gasteiger partial charge in [-0.05, 0) is 46.6 Å². The molecule has 0 saturated carbocycles. The molecule has 0 atom stereocenters. The van der Waals surface area contributed by atoms with Crippen LogP contribution in [0.2, 0.25) is 0 Å². The summed E-state index contributed by atoms with van der Waals surface area (Å²) in [6.45, 7) is 2.02. The Morgan fingerprint density at radius 2 is 2.09 bits per heavy atom. The predicted molar refractivity (Wildman–Crippen MR) is 95.8 cm³/mol. The van der Waals surface area contributed by atoms with Gasteiger partial charge in [-0.15, -0.1) is 11.3 Å². The van der Waals surface area contributed by atoms with Crippen molar-refractivity contribution in [2.75, 3.05) is 0 Å². The van der Waals surface area contributed by atoms with E-state index in [1.165, 1.54) is 5.56 Å². The van der Waals surface area contributed by atoms with Gasteiger partial charge in [-0.2, -0.15) is 10.2 Å². The first-order valence-corrected chi connectivity index (χ1v) is 8.44. The molecule has 2 aromatic heterocycles. The van der Waals surface area contributed by atoms with Crippen LogP contribution in [0.5, 0.6) is 0 Å². The highest BCUT2D eigenvalue weighted by Crippen LogP contribution is 2.30. The number of hydrogen-bond donors (Lipinski definition) is 2. The summed E-state index contributed by atoms with van der Waals surface area (Å²) < 4.78 is 1.02. The van der Waals surface area contributed by atoms with Crippen LogP contribution in [0.15, 0.2) is 51.4 Å². The molecular formula is C16H13BrN4OS. The zero-order valence-electron chi connectivity index (χ0n) is 12.2. The molecule has 0 saturated heterocycles. The molecule has 0 aliphatic heterocycles. The second kappa shape index (κ2) is 6.89. The normalized spacial score (nSPS) is 11.0. The summed E-state index contributed by atoms with van der Waals surface area (Å²) in [4.78, 5) is 13.0. The number of aromatic nitrogens is 2. The number of amides is 1. The molecule has 2 N–H and O–H groups in total. The third-order valence-corrected chi connectivity index (χ3v) is 4.76. The molecule has 3 rings (SSSR count). The maximum atomic E-state index is 12.0. The summed E-state index contributed by atoms with van der Waals surface area (Å²) in [6.07, 6.45) is 1.60. The van der Waals surface area contributed by atoms with Gasteiger partial charge < -0.3 is 0 Å². The van der Waals surface area contributed by atoms with E-state index in [-0.39, 0.29) is 5.91 Å². The average Bonchev–Trinajstić information content (AvgIpc) is 3.18. The summed E-state index contributed by atoms with van der Waals surface area (Å²) >= 11 is 4.98. The van der Waals surface area contributed by atoms with Crippen LogP contribution in [0.4, 0.5) is 0 Å². The number of carbonyl (C=O) groups excluding carboxylic acids is 1. The van der Waals surface area contributed by atoms with Crippen LogP contribution < -0.4 is 5.43 Å². The van der Waals surface area contributed by atoms with Crippen LogP contribution in [-0.4, -0.2) is 22.3 Å². The molecule has 7 heteroatoms. The number of aromatic amines is 1. The van der Waals surface area contributed by atoms with E-state index in [0.717, 1.165) is 19.9 Å². The van der Waals surface area contributed by atoms with Crippen LogP contribution >= 0.6 is 27.3 Å². The topological polar surface area (TPSA) is 70.1 Å². The summed E-state index contributed by atoms with van der Waals surface area (Å²) in [7, 11) is 0. The van der Waals surface area contributed by atoms with Crippen LogP contribution in [0.25, 0.3) is 10.6 Å². The summed E-state index contributed by atoms with van der Waals surface area (Å²) in [5.41, 5.74) is 5.67. The lowest BCUT2D eigenvalue weighted by atomic mass is 10.2. The number of aryl methyl sites for hydroxylation is 1. The number of carbonyl (C=O) groups is 1. The highest BCUT2D eigenvalue weighted by atomic mass is 79.9. The number of nitrogens with one attached hydrogen (secondary N) is 2. The third-order valence-electron chi connectivity index (χ3n) is 3.11. The Bertz CT molecular complexity index is 851. The standard InChI is InChI=1S/C16H13BrN4OS/c1-10-2-4-11(5-3-10)9-18-21-16(22)13-8-12(19-20-13)14-6-7-15(17)23-14/h2-9H,1H3,(H,19,20)(H,21,22)/b18-9-. The number of hydrazone groups is 1. The van der Waals surface area contributed by atoms with Gasteiger partial charge in [-0.1, -0.05) is 29.8 Å². The largest absolute Gasteiger partial charge is 0.291 e. The summed E-state index contributed by atoms with van der Waals surface area (Å²) in [6, 6.07) is 13.5. The molecule has 0 spiro atoms. The SMILES string of the molecule is Cc1ccc(/C=N\NC(=O)c2cc(-c3ccc(Br)s3)[nH]n2)cc1. The van der Waals surface area contributed by atoms with Gasteiger partial charge in [-0.3, -0.25) is 9.89 Å². The number of nitrogens with zero attached hydrogens (tertiary/aromatic N) is 2. The van der Waals surface area contributed by atoms with Crippen LogP contribution in [0.1, 0.15) is 21.6 Å². The minimum atomic E-state index is -0.355. The molecule has 0 aliphatic rings. The van der Waals surface area contributed by atoms with E-state index in [9.17, 15) is 4.79 Å². The van der Waals surface area contributed by atoms with E-state index in [0.29, 0.717) is 5.69 Å². The molecule has 0 unspecified atom stereocenters. The zero-order chi connectivity index (χ0) is 16.2. The zero-order valence-corrected chi connectivity index (χ0v) is 14.6. The Hall–Kier alpha value is -2.25. The Morgan fingerprint density at radius 1 is 1.30 bits per heavy atom. The maximum absolute atomic E-state index is 12.0. The monoisotopic (exact) mass is 388 g/mol. The minimum Gasteiger partial charge on any atom is -0.276 e. The van der Waals surface area contributed by atoms with E-state index in [2.05, 4.69) is 36.7 Å². The third kappa shape index (κ3) is 3.94. The number of benzene rings is 1. The van der Waals surface area contributed by atoms with Crippen molar-refractivity contribution in [2.24, 2.45) is 5.10 Å². The number of rotatable bonds is 4. The Kier molecular flexibility index (Phi) is 4.68. The minimum absolute atomic E-state index is 0.297. The van der Waals surface area contributed by atoms with Gasteiger partial charge in [0, 0.05) is 0 Å². The number of thiophene rings is 1. The van der Waals surface area contributed by atoms with Crippen LogP contribution in [0, 0.1) is 6.92 Å². The fourth-order valence-corrected chi connectivity index (χ4v) is 3.25. The highest BCUT2D eigenvalue weighted by molar-refractivity contribution is 9.11. The van der Waals surface area contributed by atoms with Gasteiger partial charge in [0.1, 0.15) is 0 Å². The molecule has 23 heavy (non-hydrogen) atoms. The first kappa shape index (κ1) is 15.6. The second-order valence-electron chi connectivity index (χ2n) is 4.88. The van der Waals surface area contributed by atoms with Crippen molar-refractivity contribution >= 4 is 39.4 Å². The van der Waals surface area contributed by atoms with Crippen molar-refractivity contribution in [3.63, 3.8) is 0 Å². The lowest BCUT2D eigenvalue weighted by molar-refractivity contribution is 0.0950. The Labute approximate surface area is 145 Å². The molecule has 5 nitrogen and oxygen atoms in total. The lowest BCUT2D eigenvalue weighted by Crippen LogP contribution is -2.17. The van der Waals surface area contributed by atoms with Crippen LogP contribution in [0.3, 0.4) is 0 Å². The summed E-state index contributed by atoms with van der Waals surface area (Å²) in [5.74, 6) is -0.355. The molecule has 1 aromatic carbocycles. The van der Waals surface area contributed by atoms with Gasteiger partial charge in [-0.25, -0.2) is 5.43 Å². The van der Waals surface area contributed by atoms with Gasteiger partial charge in [0.15, 0.2) is 5.69 Å². The molecule has 0 aliphatic carbocycles. The quantitative estimate of drug-likeness (QED) is 0.524. The van der Waals surface area contributed by atoms with Crippen LogP contribution in [-0.2, 0) is 0 Å². The number of H-pyrrole nitrogens is 1. The van der Waals surface area contributed by atoms with Crippen molar-refractivity contribution in [1.82, 2.24) is 15.6 Å². The van der Waals surface area contributed by atoms with Crippen molar-refractivity contribution in [3.8, 4) is 10.6 Å². The number of hydrogen-bond acceptors (Lipinski definition) is 4. The maximum Gasteiger partial charge on any atom is 0.291 e. The predicted octanol–water partition coefficient (Wildman–Crippen LogP) is 3.97. The first-order chi connectivity index (χ1) is 11.1. The van der Waals surface area contributed by atoms with Gasteiger partial charge >= 0.3 is 0 Å². The van der Waals surface area contributed by atoms with E-state index in [1.807, 2.05) is 43.3 Å². The molecule has 0 radical (unpaired) electrons. The Morgan fingerprint density at radius 3 is 2.78 bits per heavy atom. The van der Waals surface area contributed by atoms with Crippen molar-refractivity contribution in [2.45, 2.75) is 6.92 Å². The molecule has 0 fully saturated rings. The van der Waals surface area contributed by atoms with Crippen molar-refractivity contribution in [1.29, 1.82) is 0 Å². The van der Waals surface area contributed by atoms with Gasteiger partial charge in [0.05, 0.1) is 20.6 Å².